The predicted molar refractivity (Wildman–Crippen MR) is 56.2 cm³/mol. The lowest BCUT2D eigenvalue weighted by molar-refractivity contribution is 0.118. The van der Waals surface area contributed by atoms with E-state index in [1.807, 2.05) is 11.7 Å². The molecule has 1 N–H and O–H groups in total. The molecule has 1 heterocycles. The molecule has 3 heteroatoms. The third-order valence-corrected chi connectivity index (χ3v) is 4.61. The fourth-order valence-electron chi connectivity index (χ4n) is 3.03. The summed E-state index contributed by atoms with van der Waals surface area (Å²) in [6.07, 6.45) is 6.90. The molecule has 2 aliphatic rings. The number of aromatic nitrogens is 1. The minimum Gasteiger partial charge on any atom is -0.396 e. The van der Waals surface area contributed by atoms with Gasteiger partial charge in [0.2, 0.25) is 0 Å². The zero-order chi connectivity index (χ0) is 9.60. The minimum atomic E-state index is 0.208. The third-order valence-electron chi connectivity index (χ3n) is 3.83. The van der Waals surface area contributed by atoms with Crippen molar-refractivity contribution in [3.8, 4) is 0 Å². The molecular formula is C11H15NOS. The van der Waals surface area contributed by atoms with Gasteiger partial charge in [0.1, 0.15) is 0 Å². The van der Waals surface area contributed by atoms with Crippen molar-refractivity contribution in [2.45, 2.75) is 25.7 Å². The Hall–Kier alpha value is -0.410. The Morgan fingerprint density at radius 2 is 2.29 bits per heavy atom. The van der Waals surface area contributed by atoms with Gasteiger partial charge in [-0.3, -0.25) is 4.98 Å². The molecule has 0 spiro atoms. The van der Waals surface area contributed by atoms with Crippen LogP contribution in [0.15, 0.2) is 11.7 Å². The lowest BCUT2D eigenvalue weighted by Gasteiger charge is -2.27. The molecule has 76 valence electrons. The number of hydrogen-bond donors (Lipinski definition) is 1. The van der Waals surface area contributed by atoms with Crippen molar-refractivity contribution in [3.05, 3.63) is 16.6 Å². The molecule has 2 atom stereocenters. The SMILES string of the molecule is OCC1(Cc2cncs2)CC2CC2C1. The van der Waals surface area contributed by atoms with Gasteiger partial charge in [0.05, 0.1) is 5.51 Å². The summed E-state index contributed by atoms with van der Waals surface area (Å²) in [5.74, 6) is 1.88. The first kappa shape index (κ1) is 8.86. The highest BCUT2D eigenvalue weighted by atomic mass is 32.1. The van der Waals surface area contributed by atoms with Crippen LogP contribution in [0, 0.1) is 17.3 Å². The molecular weight excluding hydrogens is 194 g/mol. The molecule has 2 fully saturated rings. The highest BCUT2D eigenvalue weighted by Crippen LogP contribution is 2.60. The molecule has 0 amide bonds. The minimum absolute atomic E-state index is 0.208. The van der Waals surface area contributed by atoms with Gasteiger partial charge in [-0.2, -0.15) is 0 Å². The summed E-state index contributed by atoms with van der Waals surface area (Å²) in [6, 6.07) is 0. The largest absolute Gasteiger partial charge is 0.396 e. The van der Waals surface area contributed by atoms with Crippen LogP contribution in [0.25, 0.3) is 0 Å². The molecule has 2 unspecified atom stereocenters. The van der Waals surface area contributed by atoms with E-state index in [0.29, 0.717) is 6.61 Å². The van der Waals surface area contributed by atoms with Gasteiger partial charge < -0.3 is 5.11 Å². The van der Waals surface area contributed by atoms with Crippen LogP contribution in [0.1, 0.15) is 24.1 Å². The molecule has 2 aliphatic carbocycles. The maximum Gasteiger partial charge on any atom is 0.0794 e. The molecule has 0 saturated heterocycles. The van der Waals surface area contributed by atoms with Crippen molar-refractivity contribution in [2.75, 3.05) is 6.61 Å². The highest BCUT2D eigenvalue weighted by molar-refractivity contribution is 7.09. The van der Waals surface area contributed by atoms with Crippen LogP contribution in [0.2, 0.25) is 0 Å². The summed E-state index contributed by atoms with van der Waals surface area (Å²) in [5.41, 5.74) is 2.09. The smallest absolute Gasteiger partial charge is 0.0794 e. The maximum absolute atomic E-state index is 9.54. The van der Waals surface area contributed by atoms with Crippen LogP contribution in [-0.4, -0.2) is 16.7 Å². The van der Waals surface area contributed by atoms with Crippen LogP contribution in [0.4, 0.5) is 0 Å². The number of rotatable bonds is 3. The van der Waals surface area contributed by atoms with E-state index in [1.165, 1.54) is 24.1 Å². The molecule has 2 saturated carbocycles. The van der Waals surface area contributed by atoms with Crippen LogP contribution in [0.3, 0.4) is 0 Å². The summed E-state index contributed by atoms with van der Waals surface area (Å²) in [4.78, 5) is 5.43. The van der Waals surface area contributed by atoms with Crippen LogP contribution >= 0.6 is 11.3 Å². The average Bonchev–Trinajstić information content (AvgIpc) is 2.68. The topological polar surface area (TPSA) is 33.1 Å². The van der Waals surface area contributed by atoms with Crippen molar-refractivity contribution < 1.29 is 5.11 Å². The van der Waals surface area contributed by atoms with E-state index < -0.39 is 0 Å². The first-order chi connectivity index (χ1) is 6.81. The molecule has 14 heavy (non-hydrogen) atoms. The predicted octanol–water partition coefficient (Wildman–Crippen LogP) is 2.09. The summed E-state index contributed by atoms with van der Waals surface area (Å²) in [5, 5.41) is 9.54. The van der Waals surface area contributed by atoms with E-state index in [4.69, 9.17) is 0 Å². The molecule has 2 nitrogen and oxygen atoms in total. The van der Waals surface area contributed by atoms with E-state index in [9.17, 15) is 5.11 Å². The Kier molecular flexibility index (Phi) is 1.92. The van der Waals surface area contributed by atoms with Crippen molar-refractivity contribution in [3.63, 3.8) is 0 Å². The number of fused-ring (bicyclic) bond motifs is 1. The van der Waals surface area contributed by atoms with E-state index in [1.54, 1.807) is 11.3 Å². The summed E-state index contributed by atoms with van der Waals surface area (Å²) < 4.78 is 0. The molecule has 0 aromatic carbocycles. The van der Waals surface area contributed by atoms with Crippen molar-refractivity contribution >= 4 is 11.3 Å². The van der Waals surface area contributed by atoms with Gasteiger partial charge >= 0.3 is 0 Å². The Labute approximate surface area is 88.0 Å². The Morgan fingerprint density at radius 3 is 2.86 bits per heavy atom. The summed E-state index contributed by atoms with van der Waals surface area (Å²) in [7, 11) is 0. The van der Waals surface area contributed by atoms with Gasteiger partial charge in [-0.25, -0.2) is 0 Å². The monoisotopic (exact) mass is 209 g/mol. The molecule has 0 aliphatic heterocycles. The van der Waals surface area contributed by atoms with Crippen molar-refractivity contribution in [1.82, 2.24) is 4.98 Å². The molecule has 1 aromatic heterocycles. The van der Waals surface area contributed by atoms with E-state index in [0.717, 1.165) is 18.3 Å². The molecule has 0 radical (unpaired) electrons. The quantitative estimate of drug-likeness (QED) is 0.827. The number of hydrogen-bond acceptors (Lipinski definition) is 3. The zero-order valence-corrected chi connectivity index (χ0v) is 8.96. The fraction of sp³-hybridized carbons (Fsp3) is 0.727. The lowest BCUT2D eigenvalue weighted by atomic mass is 9.80. The Morgan fingerprint density at radius 1 is 1.50 bits per heavy atom. The van der Waals surface area contributed by atoms with Gasteiger partial charge in [0, 0.05) is 17.7 Å². The molecule has 0 bridgehead atoms. The van der Waals surface area contributed by atoms with Crippen LogP contribution < -0.4 is 0 Å². The number of nitrogens with zero attached hydrogens (tertiary/aromatic N) is 1. The lowest BCUT2D eigenvalue weighted by Crippen LogP contribution is -2.25. The molecule has 3 rings (SSSR count). The first-order valence-electron chi connectivity index (χ1n) is 5.30. The first-order valence-corrected chi connectivity index (χ1v) is 6.17. The standard InChI is InChI=1S/C11H15NOS/c13-6-11(2-8-1-9(8)3-11)4-10-5-12-7-14-10/h5,7-9,13H,1-4,6H2. The van der Waals surface area contributed by atoms with E-state index in [-0.39, 0.29) is 5.41 Å². The second kappa shape index (κ2) is 3.04. The average molecular weight is 209 g/mol. The van der Waals surface area contributed by atoms with Crippen LogP contribution in [-0.2, 0) is 6.42 Å². The molecule has 1 aromatic rings. The summed E-state index contributed by atoms with van der Waals surface area (Å²) in [6.45, 7) is 0.359. The normalized spacial score (nSPS) is 39.8. The second-order valence-corrected chi connectivity index (χ2v) is 5.94. The van der Waals surface area contributed by atoms with Gasteiger partial charge in [-0.1, -0.05) is 0 Å². The van der Waals surface area contributed by atoms with E-state index in [2.05, 4.69) is 4.98 Å². The zero-order valence-electron chi connectivity index (χ0n) is 8.15. The van der Waals surface area contributed by atoms with Crippen molar-refractivity contribution in [1.29, 1.82) is 0 Å². The van der Waals surface area contributed by atoms with Crippen molar-refractivity contribution in [2.24, 2.45) is 17.3 Å². The second-order valence-electron chi connectivity index (χ2n) is 4.97. The maximum atomic E-state index is 9.54. The van der Waals surface area contributed by atoms with Gasteiger partial charge in [0.15, 0.2) is 0 Å². The third kappa shape index (κ3) is 1.39. The van der Waals surface area contributed by atoms with Gasteiger partial charge in [-0.15, -0.1) is 11.3 Å². The van der Waals surface area contributed by atoms with Gasteiger partial charge in [-0.05, 0) is 42.9 Å². The van der Waals surface area contributed by atoms with Crippen LogP contribution in [0.5, 0.6) is 0 Å². The highest BCUT2D eigenvalue weighted by Gasteiger charge is 2.53. The van der Waals surface area contributed by atoms with Gasteiger partial charge in [0.25, 0.3) is 0 Å². The Bertz CT molecular complexity index is 312. The fourth-order valence-corrected chi connectivity index (χ4v) is 3.80. The van der Waals surface area contributed by atoms with E-state index >= 15 is 0 Å². The number of thiazole rings is 1. The number of aliphatic hydroxyl groups is 1. The number of aliphatic hydroxyl groups excluding tert-OH is 1. The Balaban J connectivity index is 1.75. The summed E-state index contributed by atoms with van der Waals surface area (Å²) >= 11 is 1.72.